The minimum atomic E-state index is -0.834. The Morgan fingerprint density at radius 3 is 2.56 bits per heavy atom. The molecule has 0 saturated heterocycles. The zero-order valence-corrected chi connectivity index (χ0v) is 11.4. The van der Waals surface area contributed by atoms with E-state index in [0.29, 0.717) is 6.42 Å². The number of rotatable bonds is 6. The van der Waals surface area contributed by atoms with Gasteiger partial charge in [-0.05, 0) is 51.0 Å². The molecule has 1 aromatic carbocycles. The zero-order valence-electron chi connectivity index (χ0n) is 11.4. The summed E-state index contributed by atoms with van der Waals surface area (Å²) >= 11 is 0. The summed E-state index contributed by atoms with van der Waals surface area (Å²) in [5, 5.41) is 12.0. The van der Waals surface area contributed by atoms with Crippen LogP contribution in [-0.2, 0) is 4.79 Å². The number of benzene rings is 1. The fourth-order valence-electron chi connectivity index (χ4n) is 1.67. The van der Waals surface area contributed by atoms with Crippen molar-refractivity contribution in [1.29, 1.82) is 0 Å². The van der Waals surface area contributed by atoms with E-state index in [0.717, 1.165) is 17.0 Å². The summed E-state index contributed by atoms with van der Waals surface area (Å²) in [5.41, 5.74) is 1.81. The molecule has 100 valence electrons. The molecule has 2 N–H and O–H groups in total. The van der Waals surface area contributed by atoms with Gasteiger partial charge in [0, 0.05) is 5.69 Å². The van der Waals surface area contributed by atoms with Gasteiger partial charge in [-0.1, -0.05) is 6.92 Å². The number of carbonyl (C=O) groups is 1. The van der Waals surface area contributed by atoms with Gasteiger partial charge < -0.3 is 15.2 Å². The maximum Gasteiger partial charge on any atom is 0.326 e. The fourth-order valence-corrected chi connectivity index (χ4v) is 1.67. The molecule has 0 spiro atoms. The number of anilines is 1. The molecular formula is C14H21NO3. The van der Waals surface area contributed by atoms with Gasteiger partial charge in [0.05, 0.1) is 6.10 Å². The highest BCUT2D eigenvalue weighted by Gasteiger charge is 2.15. The molecule has 0 aromatic heterocycles. The van der Waals surface area contributed by atoms with Crippen molar-refractivity contribution in [1.82, 2.24) is 0 Å². The smallest absolute Gasteiger partial charge is 0.326 e. The molecule has 0 aliphatic carbocycles. The molecule has 0 bridgehead atoms. The number of hydrogen-bond acceptors (Lipinski definition) is 3. The second-order valence-electron chi connectivity index (χ2n) is 4.59. The van der Waals surface area contributed by atoms with Crippen LogP contribution in [0.15, 0.2) is 18.2 Å². The Hall–Kier alpha value is -1.71. The number of nitrogens with one attached hydrogen (secondary N) is 1. The quantitative estimate of drug-likeness (QED) is 0.815. The van der Waals surface area contributed by atoms with Crippen molar-refractivity contribution < 1.29 is 14.6 Å². The van der Waals surface area contributed by atoms with E-state index >= 15 is 0 Å². The van der Waals surface area contributed by atoms with Crippen molar-refractivity contribution >= 4 is 11.7 Å². The van der Waals surface area contributed by atoms with Gasteiger partial charge in [0.15, 0.2) is 0 Å². The molecule has 0 aliphatic rings. The van der Waals surface area contributed by atoms with Crippen LogP contribution in [0.3, 0.4) is 0 Å². The van der Waals surface area contributed by atoms with Crippen LogP contribution in [0, 0.1) is 6.92 Å². The Morgan fingerprint density at radius 2 is 2.11 bits per heavy atom. The largest absolute Gasteiger partial charge is 0.491 e. The number of aliphatic carboxylic acids is 1. The zero-order chi connectivity index (χ0) is 13.7. The minimum absolute atomic E-state index is 0.130. The lowest BCUT2D eigenvalue weighted by molar-refractivity contribution is -0.137. The number of carboxylic acid groups (broad SMARTS) is 1. The maximum atomic E-state index is 11.0. The molecule has 1 unspecified atom stereocenters. The molecule has 0 amide bonds. The molecule has 18 heavy (non-hydrogen) atoms. The normalized spacial score (nSPS) is 12.3. The first-order valence-corrected chi connectivity index (χ1v) is 6.20. The number of hydrogen-bond donors (Lipinski definition) is 2. The van der Waals surface area contributed by atoms with Crippen LogP contribution in [0.2, 0.25) is 0 Å². The van der Waals surface area contributed by atoms with E-state index in [1.165, 1.54) is 0 Å². The number of ether oxygens (including phenoxy) is 1. The Balaban J connectivity index is 2.82. The Labute approximate surface area is 108 Å². The van der Waals surface area contributed by atoms with E-state index in [1.807, 2.05) is 45.9 Å². The molecule has 4 heteroatoms. The molecule has 0 radical (unpaired) electrons. The van der Waals surface area contributed by atoms with E-state index in [1.54, 1.807) is 0 Å². The van der Waals surface area contributed by atoms with Gasteiger partial charge in [-0.25, -0.2) is 4.79 Å². The van der Waals surface area contributed by atoms with Crippen molar-refractivity contribution in [3.8, 4) is 5.75 Å². The Kier molecular flexibility index (Phi) is 5.01. The summed E-state index contributed by atoms with van der Waals surface area (Å²) in [7, 11) is 0. The second kappa shape index (κ2) is 6.28. The summed E-state index contributed by atoms with van der Waals surface area (Å²) in [5.74, 6) is -0.0316. The SMILES string of the molecule is CCC(Nc1ccc(OC(C)C)cc1C)C(=O)O. The molecule has 0 aliphatic heterocycles. The highest BCUT2D eigenvalue weighted by molar-refractivity contribution is 5.77. The van der Waals surface area contributed by atoms with Crippen LogP contribution in [0.5, 0.6) is 5.75 Å². The molecule has 0 heterocycles. The first-order chi connectivity index (χ1) is 8.43. The van der Waals surface area contributed by atoms with E-state index in [9.17, 15) is 4.79 Å². The minimum Gasteiger partial charge on any atom is -0.491 e. The third-order valence-electron chi connectivity index (χ3n) is 2.61. The molecule has 1 aromatic rings. The van der Waals surface area contributed by atoms with E-state index in [-0.39, 0.29) is 6.10 Å². The van der Waals surface area contributed by atoms with Gasteiger partial charge >= 0.3 is 5.97 Å². The van der Waals surface area contributed by atoms with E-state index in [2.05, 4.69) is 5.32 Å². The van der Waals surface area contributed by atoms with Crippen LogP contribution < -0.4 is 10.1 Å². The fraction of sp³-hybridized carbons (Fsp3) is 0.500. The van der Waals surface area contributed by atoms with Crippen LogP contribution in [-0.4, -0.2) is 23.2 Å². The highest BCUT2D eigenvalue weighted by Crippen LogP contribution is 2.23. The number of carboxylic acids is 1. The van der Waals surface area contributed by atoms with Gasteiger partial charge in [-0.3, -0.25) is 0 Å². The summed E-state index contributed by atoms with van der Waals surface area (Å²) in [6, 6.07) is 5.07. The van der Waals surface area contributed by atoms with Gasteiger partial charge in [0.1, 0.15) is 11.8 Å². The van der Waals surface area contributed by atoms with Crippen LogP contribution in [0.4, 0.5) is 5.69 Å². The predicted octanol–water partition coefficient (Wildman–Crippen LogP) is 3.06. The third-order valence-corrected chi connectivity index (χ3v) is 2.61. The standard InChI is InChI=1S/C14H21NO3/c1-5-12(14(16)17)15-13-7-6-11(8-10(13)4)18-9(2)3/h6-9,12,15H,5H2,1-4H3,(H,16,17). The van der Waals surface area contributed by atoms with Crippen molar-refractivity contribution in [3.05, 3.63) is 23.8 Å². The van der Waals surface area contributed by atoms with E-state index < -0.39 is 12.0 Å². The molecular weight excluding hydrogens is 230 g/mol. The molecule has 4 nitrogen and oxygen atoms in total. The Morgan fingerprint density at radius 1 is 1.44 bits per heavy atom. The van der Waals surface area contributed by atoms with Gasteiger partial charge in [-0.2, -0.15) is 0 Å². The summed E-state index contributed by atoms with van der Waals surface area (Å²) < 4.78 is 5.58. The first-order valence-electron chi connectivity index (χ1n) is 6.20. The average molecular weight is 251 g/mol. The second-order valence-corrected chi connectivity index (χ2v) is 4.59. The average Bonchev–Trinajstić information content (AvgIpc) is 2.26. The summed E-state index contributed by atoms with van der Waals surface area (Å²) in [6.45, 7) is 7.72. The number of aryl methyl sites for hydroxylation is 1. The topological polar surface area (TPSA) is 58.6 Å². The maximum absolute atomic E-state index is 11.0. The highest BCUT2D eigenvalue weighted by atomic mass is 16.5. The molecule has 1 atom stereocenters. The summed E-state index contributed by atoms with van der Waals surface area (Å²) in [6.07, 6.45) is 0.671. The van der Waals surface area contributed by atoms with Crippen molar-refractivity contribution in [2.75, 3.05) is 5.32 Å². The van der Waals surface area contributed by atoms with Crippen LogP contribution in [0.25, 0.3) is 0 Å². The van der Waals surface area contributed by atoms with Crippen molar-refractivity contribution in [2.45, 2.75) is 46.3 Å². The lowest BCUT2D eigenvalue weighted by atomic mass is 10.1. The summed E-state index contributed by atoms with van der Waals surface area (Å²) in [4.78, 5) is 11.0. The van der Waals surface area contributed by atoms with Crippen molar-refractivity contribution in [3.63, 3.8) is 0 Å². The molecule has 1 rings (SSSR count). The van der Waals surface area contributed by atoms with Crippen LogP contribution in [0.1, 0.15) is 32.8 Å². The van der Waals surface area contributed by atoms with E-state index in [4.69, 9.17) is 9.84 Å². The monoisotopic (exact) mass is 251 g/mol. The third kappa shape index (κ3) is 3.95. The van der Waals surface area contributed by atoms with Crippen molar-refractivity contribution in [2.24, 2.45) is 0 Å². The van der Waals surface area contributed by atoms with Gasteiger partial charge in [0.25, 0.3) is 0 Å². The predicted molar refractivity (Wildman–Crippen MR) is 72.3 cm³/mol. The van der Waals surface area contributed by atoms with Gasteiger partial charge in [0.2, 0.25) is 0 Å². The lowest BCUT2D eigenvalue weighted by Crippen LogP contribution is -2.28. The van der Waals surface area contributed by atoms with Gasteiger partial charge in [-0.15, -0.1) is 0 Å². The molecule has 0 saturated carbocycles. The first kappa shape index (κ1) is 14.4. The molecule has 0 fully saturated rings. The van der Waals surface area contributed by atoms with Crippen LogP contribution >= 0.6 is 0 Å². The lowest BCUT2D eigenvalue weighted by Gasteiger charge is -2.17. The Bertz CT molecular complexity index is 416.